The van der Waals surface area contributed by atoms with Crippen LogP contribution >= 0.6 is 0 Å². The lowest BCUT2D eigenvalue weighted by atomic mass is 10.00. The molecule has 0 saturated carbocycles. The summed E-state index contributed by atoms with van der Waals surface area (Å²) in [6.07, 6.45) is 1.49. The van der Waals surface area contributed by atoms with E-state index in [9.17, 15) is 15.3 Å². The maximum Gasteiger partial charge on any atom is 0.288 e. The van der Waals surface area contributed by atoms with Gasteiger partial charge in [-0.25, -0.2) is 9.97 Å². The highest BCUT2D eigenvalue weighted by molar-refractivity contribution is 6.48. The van der Waals surface area contributed by atoms with Gasteiger partial charge in [0.25, 0.3) is 5.91 Å². The number of anilines is 2. The monoisotopic (exact) mass is 453 g/mol. The molecular weight excluding hydrogens is 434 g/mol. The molecule has 4 rings (SSSR count). The predicted octanol–water partition coefficient (Wildman–Crippen LogP) is 3.65. The first kappa shape index (κ1) is 22.2. The van der Waals surface area contributed by atoms with E-state index in [0.29, 0.717) is 33.9 Å². The lowest BCUT2D eigenvalue weighted by molar-refractivity contribution is -0.110. The second-order valence-corrected chi connectivity index (χ2v) is 7.53. The van der Waals surface area contributed by atoms with Gasteiger partial charge in [-0.05, 0) is 57.0 Å². The highest BCUT2D eigenvalue weighted by Gasteiger charge is 2.22. The van der Waals surface area contributed by atoms with Crippen LogP contribution in [0.15, 0.2) is 34.0 Å². The van der Waals surface area contributed by atoms with Crippen LogP contribution in [0.25, 0.3) is 22.4 Å². The summed E-state index contributed by atoms with van der Waals surface area (Å²) in [4.78, 5) is 21.5. The van der Waals surface area contributed by atoms with Gasteiger partial charge in [0.05, 0.1) is 11.6 Å². The van der Waals surface area contributed by atoms with Crippen molar-refractivity contribution in [3.05, 3.63) is 52.5 Å². The van der Waals surface area contributed by atoms with E-state index in [1.54, 1.807) is 25.1 Å². The Labute approximate surface area is 194 Å². The summed E-state index contributed by atoms with van der Waals surface area (Å²) in [6.45, 7) is 7.31. The Kier molecular flexibility index (Phi) is 5.77. The number of aromatic nitrogens is 4. The van der Waals surface area contributed by atoms with E-state index in [4.69, 9.17) is 4.42 Å². The van der Waals surface area contributed by atoms with Gasteiger partial charge in [0.2, 0.25) is 5.71 Å². The number of aryl methyl sites for hydroxylation is 3. The molecular formula is C23H19N9O2. The molecule has 0 saturated heterocycles. The highest BCUT2D eigenvalue weighted by atomic mass is 16.3. The van der Waals surface area contributed by atoms with E-state index in [-0.39, 0.29) is 11.4 Å². The molecule has 34 heavy (non-hydrogen) atoms. The molecule has 3 N–H and O–H groups in total. The largest absolute Gasteiger partial charge is 0.464 e. The van der Waals surface area contributed by atoms with Gasteiger partial charge in [-0.15, -0.1) is 0 Å². The first-order valence-electron chi connectivity index (χ1n) is 10.2. The SMILES string of the molecule is Cc1cc(C)c2c(N/N=C(\C#N)C(=O)Nc3nc(C)c(C)c(-c4ccco4)c3C#N)[nH]nc2n1. The smallest absolute Gasteiger partial charge is 0.288 e. The number of carbonyl (C=O) groups excluding carboxylic acids is 1. The Hall–Kier alpha value is -5.03. The van der Waals surface area contributed by atoms with Crippen LogP contribution in [0.4, 0.5) is 11.6 Å². The summed E-state index contributed by atoms with van der Waals surface area (Å²) in [5, 5.41) is 33.3. The Morgan fingerprint density at radius 1 is 1.21 bits per heavy atom. The zero-order valence-electron chi connectivity index (χ0n) is 18.8. The number of fused-ring (bicyclic) bond motifs is 1. The van der Waals surface area contributed by atoms with E-state index in [2.05, 4.69) is 42.1 Å². The minimum absolute atomic E-state index is 0.00691. The lowest BCUT2D eigenvalue weighted by Gasteiger charge is -2.13. The topological polar surface area (TPSA) is 169 Å². The van der Waals surface area contributed by atoms with Crippen LogP contribution < -0.4 is 10.7 Å². The molecule has 0 bridgehead atoms. The van der Waals surface area contributed by atoms with Gasteiger partial charge in [-0.3, -0.25) is 15.3 Å². The average Bonchev–Trinajstić information content (AvgIpc) is 3.46. The van der Waals surface area contributed by atoms with Gasteiger partial charge in [-0.2, -0.15) is 20.7 Å². The number of H-pyrrole nitrogens is 1. The van der Waals surface area contributed by atoms with Crippen LogP contribution in [0.3, 0.4) is 0 Å². The number of hydrogen-bond donors (Lipinski definition) is 3. The first-order chi connectivity index (χ1) is 16.3. The number of pyridine rings is 2. The van der Waals surface area contributed by atoms with E-state index >= 15 is 0 Å². The Morgan fingerprint density at radius 3 is 2.68 bits per heavy atom. The number of rotatable bonds is 5. The minimum Gasteiger partial charge on any atom is -0.464 e. The molecule has 0 aliphatic carbocycles. The molecule has 0 aliphatic heterocycles. The molecule has 11 nitrogen and oxygen atoms in total. The number of nitrogens with one attached hydrogen (secondary N) is 3. The predicted molar refractivity (Wildman–Crippen MR) is 125 cm³/mol. The lowest BCUT2D eigenvalue weighted by Crippen LogP contribution is -2.24. The molecule has 0 atom stereocenters. The van der Waals surface area contributed by atoms with E-state index in [1.807, 2.05) is 26.8 Å². The van der Waals surface area contributed by atoms with Crippen molar-refractivity contribution < 1.29 is 9.21 Å². The van der Waals surface area contributed by atoms with Crippen LogP contribution in [-0.4, -0.2) is 31.8 Å². The third kappa shape index (κ3) is 3.94. The van der Waals surface area contributed by atoms with Gasteiger partial charge < -0.3 is 9.73 Å². The van der Waals surface area contributed by atoms with Crippen LogP contribution in [-0.2, 0) is 4.79 Å². The maximum absolute atomic E-state index is 12.8. The molecule has 4 heterocycles. The summed E-state index contributed by atoms with van der Waals surface area (Å²) >= 11 is 0. The van der Waals surface area contributed by atoms with Crippen LogP contribution in [0.1, 0.15) is 28.1 Å². The molecule has 0 radical (unpaired) electrons. The fourth-order valence-electron chi connectivity index (χ4n) is 3.58. The second kappa shape index (κ2) is 8.84. The van der Waals surface area contributed by atoms with Gasteiger partial charge in [0, 0.05) is 17.0 Å². The normalized spacial score (nSPS) is 11.2. The molecule has 4 aromatic heterocycles. The maximum atomic E-state index is 12.8. The fourth-order valence-corrected chi connectivity index (χ4v) is 3.58. The van der Waals surface area contributed by atoms with E-state index < -0.39 is 11.6 Å². The van der Waals surface area contributed by atoms with Crippen molar-refractivity contribution in [2.24, 2.45) is 5.10 Å². The van der Waals surface area contributed by atoms with Crippen molar-refractivity contribution in [1.82, 2.24) is 20.2 Å². The van der Waals surface area contributed by atoms with E-state index in [0.717, 1.165) is 16.8 Å². The molecule has 0 fully saturated rings. The van der Waals surface area contributed by atoms with Gasteiger partial charge in [0.1, 0.15) is 23.5 Å². The number of nitriles is 2. The van der Waals surface area contributed by atoms with Crippen molar-refractivity contribution in [2.75, 3.05) is 10.7 Å². The van der Waals surface area contributed by atoms with Crippen molar-refractivity contribution >= 4 is 34.3 Å². The average molecular weight is 453 g/mol. The molecule has 4 aromatic rings. The quantitative estimate of drug-likeness (QED) is 0.304. The molecule has 168 valence electrons. The van der Waals surface area contributed by atoms with Crippen molar-refractivity contribution in [3.63, 3.8) is 0 Å². The number of hydrazone groups is 1. The summed E-state index contributed by atoms with van der Waals surface area (Å²) in [6, 6.07) is 9.13. The summed E-state index contributed by atoms with van der Waals surface area (Å²) in [7, 11) is 0. The van der Waals surface area contributed by atoms with Crippen LogP contribution in [0.5, 0.6) is 0 Å². The molecule has 0 unspecified atom stereocenters. The number of carbonyl (C=O) groups is 1. The zero-order valence-corrected chi connectivity index (χ0v) is 18.8. The van der Waals surface area contributed by atoms with Gasteiger partial charge >= 0.3 is 0 Å². The highest BCUT2D eigenvalue weighted by Crippen LogP contribution is 2.33. The van der Waals surface area contributed by atoms with Gasteiger partial charge in [0.15, 0.2) is 17.3 Å². The third-order valence-corrected chi connectivity index (χ3v) is 5.25. The zero-order chi connectivity index (χ0) is 24.4. The standard InChI is InChI=1S/C23H19N9O2/c1-11-8-12(2)26-21-18(11)22(32-30-21)31-29-16(10-25)23(33)28-20-15(9-24)19(13(3)14(4)27-20)17-6-5-7-34-17/h5-8H,1-4H3,(H,27,28,33)(H2,26,30,31,32)/b29-16+. The molecule has 0 aromatic carbocycles. The van der Waals surface area contributed by atoms with Crippen molar-refractivity contribution in [1.29, 1.82) is 10.5 Å². The summed E-state index contributed by atoms with van der Waals surface area (Å²) in [5.74, 6) is 0.0357. The second-order valence-electron chi connectivity index (χ2n) is 7.53. The minimum atomic E-state index is -0.831. The number of furan rings is 1. The first-order valence-corrected chi connectivity index (χ1v) is 10.2. The van der Waals surface area contributed by atoms with Crippen molar-refractivity contribution in [2.45, 2.75) is 27.7 Å². The Bertz CT molecular complexity index is 1530. The molecule has 1 amide bonds. The number of amides is 1. The fraction of sp³-hybridized carbons (Fsp3) is 0.174. The molecule has 11 heteroatoms. The number of nitrogens with zero attached hydrogens (tertiary/aromatic N) is 6. The third-order valence-electron chi connectivity index (χ3n) is 5.25. The van der Waals surface area contributed by atoms with Crippen LogP contribution in [0, 0.1) is 50.4 Å². The van der Waals surface area contributed by atoms with Crippen molar-refractivity contribution in [3.8, 4) is 23.5 Å². The molecule has 0 aliphatic rings. The van der Waals surface area contributed by atoms with Gasteiger partial charge in [-0.1, -0.05) is 0 Å². The summed E-state index contributed by atoms with van der Waals surface area (Å²) < 4.78 is 5.47. The number of hydrogen-bond acceptors (Lipinski definition) is 9. The Morgan fingerprint density at radius 2 is 2.00 bits per heavy atom. The van der Waals surface area contributed by atoms with Crippen LogP contribution in [0.2, 0.25) is 0 Å². The number of aromatic amines is 1. The van der Waals surface area contributed by atoms with E-state index in [1.165, 1.54) is 6.26 Å². The molecule has 0 spiro atoms. The Balaban J connectivity index is 1.65. The summed E-state index contributed by atoms with van der Waals surface area (Å²) in [5.41, 5.74) is 6.38.